The lowest BCUT2D eigenvalue weighted by Crippen LogP contribution is -2.32. The summed E-state index contributed by atoms with van der Waals surface area (Å²) in [5.74, 6) is 1.28. The Kier molecular flexibility index (Phi) is 4.76. The van der Waals surface area contributed by atoms with Crippen LogP contribution in [0.4, 0.5) is 0 Å². The van der Waals surface area contributed by atoms with Gasteiger partial charge in [0.05, 0.1) is 11.2 Å². The van der Waals surface area contributed by atoms with Gasteiger partial charge in [-0.1, -0.05) is 18.0 Å². The van der Waals surface area contributed by atoms with E-state index >= 15 is 0 Å². The zero-order valence-electron chi connectivity index (χ0n) is 10.6. The molecule has 1 aliphatic rings. The summed E-state index contributed by atoms with van der Waals surface area (Å²) in [5.41, 5.74) is 0. The van der Waals surface area contributed by atoms with Crippen molar-refractivity contribution in [2.75, 3.05) is 12.4 Å². The van der Waals surface area contributed by atoms with Crippen LogP contribution in [0.1, 0.15) is 19.3 Å². The van der Waals surface area contributed by atoms with E-state index in [9.17, 15) is 8.42 Å². The third-order valence-corrected chi connectivity index (χ3v) is 5.97. The Morgan fingerprint density at radius 3 is 2.74 bits per heavy atom. The number of nitrogens with one attached hydrogen (secondary N) is 1. The number of aryl methyl sites for hydroxylation is 1. The average molecular weight is 326 g/mol. The maximum absolute atomic E-state index is 12.2. The van der Waals surface area contributed by atoms with Gasteiger partial charge in [0, 0.05) is 19.5 Å². The van der Waals surface area contributed by atoms with Crippen molar-refractivity contribution in [1.82, 2.24) is 14.5 Å². The van der Waals surface area contributed by atoms with Gasteiger partial charge in [-0.2, -0.15) is 5.10 Å². The summed E-state index contributed by atoms with van der Waals surface area (Å²) in [6.07, 6.45) is 4.52. The smallest absolute Gasteiger partial charge is 0.255 e. The van der Waals surface area contributed by atoms with Gasteiger partial charge >= 0.3 is 0 Å². The van der Waals surface area contributed by atoms with E-state index in [1.807, 2.05) is 0 Å². The van der Waals surface area contributed by atoms with Crippen LogP contribution >= 0.6 is 23.2 Å². The van der Waals surface area contributed by atoms with E-state index < -0.39 is 10.0 Å². The standard InChI is InChI=1S/C11H17Cl2N3O2S/c1-16-11(10(13)7-14-16)19(17,18)15-6-9-4-2-3-8(9)5-12/h7-9,15H,2-6H2,1H3. The van der Waals surface area contributed by atoms with Crippen LogP contribution in [0.5, 0.6) is 0 Å². The molecular formula is C11H17Cl2N3O2S. The molecular weight excluding hydrogens is 309 g/mol. The summed E-state index contributed by atoms with van der Waals surface area (Å²) in [6.45, 7) is 0.404. The zero-order valence-corrected chi connectivity index (χ0v) is 13.0. The molecule has 0 saturated heterocycles. The number of hydrogen-bond donors (Lipinski definition) is 1. The van der Waals surface area contributed by atoms with Gasteiger partial charge in [-0.3, -0.25) is 4.68 Å². The molecule has 8 heteroatoms. The second-order valence-corrected chi connectivity index (χ2v) is 7.28. The molecule has 0 aliphatic heterocycles. The minimum atomic E-state index is -3.62. The van der Waals surface area contributed by atoms with Crippen molar-refractivity contribution in [2.24, 2.45) is 18.9 Å². The van der Waals surface area contributed by atoms with E-state index in [1.165, 1.54) is 10.9 Å². The molecule has 1 saturated carbocycles. The normalized spacial score (nSPS) is 23.9. The number of aromatic nitrogens is 2. The fourth-order valence-corrected chi connectivity index (χ4v) is 4.72. The van der Waals surface area contributed by atoms with Gasteiger partial charge in [0.2, 0.25) is 0 Å². The predicted octanol–water partition coefficient (Wildman–Crippen LogP) is 2.01. The summed E-state index contributed by atoms with van der Waals surface area (Å²) in [4.78, 5) is 0. The van der Waals surface area contributed by atoms with Crippen LogP contribution in [-0.2, 0) is 17.1 Å². The summed E-state index contributed by atoms with van der Waals surface area (Å²) in [6, 6.07) is 0. The van der Waals surface area contributed by atoms with E-state index in [2.05, 4.69) is 9.82 Å². The quantitative estimate of drug-likeness (QED) is 0.842. The Morgan fingerprint density at radius 2 is 2.16 bits per heavy atom. The lowest BCUT2D eigenvalue weighted by Gasteiger charge is -2.17. The van der Waals surface area contributed by atoms with Crippen molar-refractivity contribution in [3.05, 3.63) is 11.2 Å². The highest BCUT2D eigenvalue weighted by Gasteiger charge is 2.29. The van der Waals surface area contributed by atoms with Gasteiger partial charge in [0.15, 0.2) is 5.03 Å². The van der Waals surface area contributed by atoms with Crippen molar-refractivity contribution >= 4 is 33.2 Å². The van der Waals surface area contributed by atoms with Crippen molar-refractivity contribution in [3.63, 3.8) is 0 Å². The first kappa shape index (κ1) is 15.1. The van der Waals surface area contributed by atoms with Crippen LogP contribution in [0.25, 0.3) is 0 Å². The van der Waals surface area contributed by atoms with E-state index in [-0.39, 0.29) is 10.0 Å². The average Bonchev–Trinajstić information content (AvgIpc) is 2.93. The molecule has 5 nitrogen and oxygen atoms in total. The van der Waals surface area contributed by atoms with Gasteiger partial charge in [-0.15, -0.1) is 11.6 Å². The van der Waals surface area contributed by atoms with Gasteiger partial charge in [0.25, 0.3) is 10.0 Å². The van der Waals surface area contributed by atoms with Gasteiger partial charge in [0.1, 0.15) is 0 Å². The van der Waals surface area contributed by atoms with Crippen LogP contribution in [0.15, 0.2) is 11.2 Å². The molecule has 19 heavy (non-hydrogen) atoms. The Hall–Kier alpha value is -0.300. The van der Waals surface area contributed by atoms with Crippen molar-refractivity contribution in [1.29, 1.82) is 0 Å². The summed E-state index contributed by atoms with van der Waals surface area (Å²) in [7, 11) is -2.07. The molecule has 1 aromatic heterocycles. The molecule has 1 aliphatic carbocycles. The van der Waals surface area contributed by atoms with Crippen molar-refractivity contribution in [2.45, 2.75) is 24.3 Å². The minimum absolute atomic E-state index is 0.00888. The first-order chi connectivity index (χ1) is 8.95. The molecule has 2 atom stereocenters. The second-order valence-electron chi connectivity index (χ2n) is 4.88. The highest BCUT2D eigenvalue weighted by Crippen LogP contribution is 2.32. The number of alkyl halides is 1. The lowest BCUT2D eigenvalue weighted by atomic mass is 9.98. The molecule has 1 N–H and O–H groups in total. The minimum Gasteiger partial charge on any atom is -0.255 e. The Labute approximate surface area is 123 Å². The lowest BCUT2D eigenvalue weighted by molar-refractivity contribution is 0.417. The molecule has 1 heterocycles. The van der Waals surface area contributed by atoms with Crippen molar-refractivity contribution in [3.8, 4) is 0 Å². The molecule has 2 rings (SSSR count). The van der Waals surface area contributed by atoms with Crippen LogP contribution in [0.3, 0.4) is 0 Å². The van der Waals surface area contributed by atoms with Crippen LogP contribution in [0, 0.1) is 11.8 Å². The fraction of sp³-hybridized carbons (Fsp3) is 0.727. The van der Waals surface area contributed by atoms with E-state index in [4.69, 9.17) is 23.2 Å². The molecule has 0 amide bonds. The van der Waals surface area contributed by atoms with Crippen LogP contribution in [-0.4, -0.2) is 30.6 Å². The first-order valence-electron chi connectivity index (χ1n) is 6.19. The van der Waals surface area contributed by atoms with Gasteiger partial charge in [-0.05, 0) is 24.7 Å². The summed E-state index contributed by atoms with van der Waals surface area (Å²) < 4.78 is 28.3. The Morgan fingerprint density at radius 1 is 1.47 bits per heavy atom. The summed E-state index contributed by atoms with van der Waals surface area (Å²) in [5, 5.41) is 3.98. The number of halogens is 2. The third kappa shape index (κ3) is 3.24. The Bertz CT molecular complexity index is 525. The molecule has 1 aromatic rings. The van der Waals surface area contributed by atoms with E-state index in [0.29, 0.717) is 24.3 Å². The molecule has 1 fully saturated rings. The maximum Gasteiger partial charge on any atom is 0.259 e. The topological polar surface area (TPSA) is 64.0 Å². The van der Waals surface area contributed by atoms with Crippen LogP contribution < -0.4 is 4.72 Å². The van der Waals surface area contributed by atoms with Crippen molar-refractivity contribution < 1.29 is 8.42 Å². The largest absolute Gasteiger partial charge is 0.259 e. The SMILES string of the molecule is Cn1ncc(Cl)c1S(=O)(=O)NCC1CCCC1CCl. The van der Waals surface area contributed by atoms with E-state index in [0.717, 1.165) is 19.3 Å². The third-order valence-electron chi connectivity index (χ3n) is 3.65. The highest BCUT2D eigenvalue weighted by molar-refractivity contribution is 7.89. The monoisotopic (exact) mass is 325 g/mol. The van der Waals surface area contributed by atoms with Gasteiger partial charge in [-0.25, -0.2) is 13.1 Å². The molecule has 2 unspecified atom stereocenters. The second kappa shape index (κ2) is 5.99. The summed E-state index contributed by atoms with van der Waals surface area (Å²) >= 11 is 11.7. The molecule has 108 valence electrons. The number of hydrogen-bond acceptors (Lipinski definition) is 3. The van der Waals surface area contributed by atoms with Gasteiger partial charge < -0.3 is 0 Å². The predicted molar refractivity (Wildman–Crippen MR) is 75.0 cm³/mol. The molecule has 0 aromatic carbocycles. The molecule has 0 radical (unpaired) electrons. The number of sulfonamides is 1. The number of rotatable bonds is 5. The van der Waals surface area contributed by atoms with E-state index in [1.54, 1.807) is 7.05 Å². The first-order valence-corrected chi connectivity index (χ1v) is 8.58. The fourth-order valence-electron chi connectivity index (χ4n) is 2.57. The zero-order chi connectivity index (χ0) is 14.0. The van der Waals surface area contributed by atoms with Crippen LogP contribution in [0.2, 0.25) is 5.02 Å². The number of nitrogens with zero attached hydrogens (tertiary/aromatic N) is 2. The highest BCUT2D eigenvalue weighted by atomic mass is 35.5. The Balaban J connectivity index is 2.06. The molecule has 0 spiro atoms. The maximum atomic E-state index is 12.2. The molecule has 0 bridgehead atoms.